The van der Waals surface area contributed by atoms with Gasteiger partial charge in [0.2, 0.25) is 0 Å². The maximum atomic E-state index is 13.6. The van der Waals surface area contributed by atoms with Gasteiger partial charge in [-0.3, -0.25) is 24.0 Å². The molecule has 9 aliphatic carbocycles. The molecule has 0 aromatic heterocycles. The Balaban J connectivity index is 0.000000139. The summed E-state index contributed by atoms with van der Waals surface area (Å²) in [7, 11) is 0. The van der Waals surface area contributed by atoms with Crippen molar-refractivity contribution in [2.45, 2.75) is 147 Å². The molecule has 0 amide bonds. The molecule has 2 N–H and O–H groups in total. The Morgan fingerprint density at radius 1 is 0.714 bits per heavy atom. The van der Waals surface area contributed by atoms with Crippen molar-refractivity contribution >= 4 is 29.3 Å². The first-order valence-corrected chi connectivity index (χ1v) is 21.6. The van der Waals surface area contributed by atoms with Crippen LogP contribution in [0.1, 0.15) is 124 Å². The van der Waals surface area contributed by atoms with Crippen molar-refractivity contribution in [2.24, 2.45) is 74.4 Å². The van der Waals surface area contributed by atoms with E-state index in [-0.39, 0.29) is 86.6 Å². The second-order valence-electron chi connectivity index (χ2n) is 21.3. The third-order valence-electron chi connectivity index (χ3n) is 19.8. The fourth-order valence-corrected chi connectivity index (χ4v) is 17.1. The molecular formula is C46H57NO9. The van der Waals surface area contributed by atoms with E-state index < -0.39 is 34.6 Å². The van der Waals surface area contributed by atoms with Crippen LogP contribution in [-0.4, -0.2) is 62.9 Å². The highest BCUT2D eigenvalue weighted by Gasteiger charge is 2.79. The lowest BCUT2D eigenvalue weighted by atomic mass is 9.39. The maximum Gasteiger partial charge on any atom is 0.306 e. The average molecular weight is 768 g/mol. The van der Waals surface area contributed by atoms with E-state index in [4.69, 9.17) is 9.47 Å². The van der Waals surface area contributed by atoms with Crippen LogP contribution < -0.4 is 0 Å². The quantitative estimate of drug-likeness (QED) is 0.223. The number of fused-ring (bicyclic) bond motifs is 13. The highest BCUT2D eigenvalue weighted by Crippen LogP contribution is 2.77. The summed E-state index contributed by atoms with van der Waals surface area (Å²) >= 11 is 0. The summed E-state index contributed by atoms with van der Waals surface area (Å²) in [5.74, 6) is -0.527. The SMILES string of the molecule is C[C@]12CC(O)C3C(C4CC5(C#N)C(C(=O)CC[C@]35C)C4=O)C1CCC21CCC(=O)O1.C[C@]12CCC(=O)C=C1C=CC1C2C(O)C[C@@]2(C)C1CC[C@@]21CCC(=O)O1. The molecule has 300 valence electrons. The number of aliphatic hydroxyl groups excluding tert-OH is 2. The van der Waals surface area contributed by atoms with E-state index in [1.807, 2.05) is 0 Å². The Bertz CT molecular complexity index is 1970. The molecule has 7 saturated carbocycles. The Hall–Kier alpha value is -3.16. The predicted octanol–water partition coefficient (Wildman–Crippen LogP) is 5.91. The highest BCUT2D eigenvalue weighted by molar-refractivity contribution is 6.07. The predicted molar refractivity (Wildman–Crippen MR) is 200 cm³/mol. The molecule has 17 atom stereocenters. The third-order valence-corrected chi connectivity index (χ3v) is 19.8. The number of allylic oxidation sites excluding steroid dienone is 4. The van der Waals surface area contributed by atoms with E-state index in [1.165, 1.54) is 0 Å². The lowest BCUT2D eigenvalue weighted by Gasteiger charge is -2.64. The van der Waals surface area contributed by atoms with Gasteiger partial charge in [0.15, 0.2) is 5.78 Å². The average Bonchev–Trinajstić information content (AvgIpc) is 3.93. The molecule has 56 heavy (non-hydrogen) atoms. The van der Waals surface area contributed by atoms with Gasteiger partial charge in [-0.25, -0.2) is 0 Å². The van der Waals surface area contributed by atoms with Crippen molar-refractivity contribution in [3.05, 3.63) is 23.8 Å². The van der Waals surface area contributed by atoms with Gasteiger partial charge in [0.05, 0.1) is 29.6 Å². The zero-order valence-corrected chi connectivity index (χ0v) is 33.3. The van der Waals surface area contributed by atoms with Crippen molar-refractivity contribution in [3.8, 4) is 6.07 Å². The summed E-state index contributed by atoms with van der Waals surface area (Å²) in [4.78, 5) is 62.3. The van der Waals surface area contributed by atoms with Crippen LogP contribution >= 0.6 is 0 Å². The molecule has 0 aromatic rings. The molecule has 2 heterocycles. The molecule has 2 spiro atoms. The van der Waals surface area contributed by atoms with Gasteiger partial charge in [0, 0.05) is 48.3 Å². The molecule has 2 aliphatic heterocycles. The van der Waals surface area contributed by atoms with Crippen LogP contribution in [-0.2, 0) is 33.4 Å². The number of Topliss-reactive ketones (excluding diaryl/α,β-unsaturated/α-hetero) is 2. The Morgan fingerprint density at radius 2 is 1.32 bits per heavy atom. The number of ketones is 3. The number of nitrogens with zero attached hydrogens (tertiary/aromatic N) is 1. The minimum atomic E-state index is -0.976. The number of hydrogen-bond acceptors (Lipinski definition) is 10. The van der Waals surface area contributed by atoms with Crippen molar-refractivity contribution in [1.29, 1.82) is 5.26 Å². The first kappa shape index (κ1) is 37.1. The molecule has 10 heteroatoms. The van der Waals surface area contributed by atoms with Crippen LogP contribution in [0.5, 0.6) is 0 Å². The van der Waals surface area contributed by atoms with E-state index in [0.29, 0.717) is 63.7 Å². The number of ether oxygens (including phenoxy) is 2. The van der Waals surface area contributed by atoms with E-state index in [1.54, 1.807) is 6.08 Å². The molecule has 2 bridgehead atoms. The number of aliphatic hydroxyl groups is 2. The number of rotatable bonds is 0. The fourth-order valence-electron chi connectivity index (χ4n) is 17.1. The summed E-state index contributed by atoms with van der Waals surface area (Å²) in [5.41, 5.74) is -2.01. The van der Waals surface area contributed by atoms with E-state index in [9.17, 15) is 39.4 Å². The summed E-state index contributed by atoms with van der Waals surface area (Å²) < 4.78 is 11.9. The van der Waals surface area contributed by atoms with Gasteiger partial charge in [0.1, 0.15) is 22.8 Å². The lowest BCUT2D eigenvalue weighted by Crippen LogP contribution is -2.65. The van der Waals surface area contributed by atoms with Crippen LogP contribution in [0.15, 0.2) is 23.8 Å². The van der Waals surface area contributed by atoms with E-state index in [2.05, 4.69) is 45.9 Å². The Labute approximate surface area is 329 Å². The largest absolute Gasteiger partial charge is 0.458 e. The smallest absolute Gasteiger partial charge is 0.306 e. The minimum Gasteiger partial charge on any atom is -0.458 e. The Kier molecular flexibility index (Phi) is 7.64. The van der Waals surface area contributed by atoms with Crippen LogP contribution in [0.3, 0.4) is 0 Å². The minimum absolute atomic E-state index is 0.0488. The van der Waals surface area contributed by atoms with Crippen LogP contribution in [0.2, 0.25) is 0 Å². The van der Waals surface area contributed by atoms with Crippen LogP contribution in [0, 0.1) is 85.7 Å². The zero-order valence-electron chi connectivity index (χ0n) is 33.3. The zero-order chi connectivity index (χ0) is 39.6. The monoisotopic (exact) mass is 767 g/mol. The van der Waals surface area contributed by atoms with Crippen molar-refractivity contribution < 1.29 is 43.7 Å². The summed E-state index contributed by atoms with van der Waals surface area (Å²) in [6.45, 7) is 8.69. The molecular weight excluding hydrogens is 711 g/mol. The van der Waals surface area contributed by atoms with Crippen LogP contribution in [0.25, 0.3) is 0 Å². The van der Waals surface area contributed by atoms with Gasteiger partial charge >= 0.3 is 11.9 Å². The first-order valence-electron chi connectivity index (χ1n) is 21.6. The number of esters is 2. The summed E-state index contributed by atoms with van der Waals surface area (Å²) in [6, 6.07) is 2.47. The Morgan fingerprint density at radius 3 is 1.93 bits per heavy atom. The molecule has 12 unspecified atom stereocenters. The van der Waals surface area contributed by atoms with Crippen molar-refractivity contribution in [1.82, 2.24) is 0 Å². The topological polar surface area (TPSA) is 168 Å². The second kappa shape index (κ2) is 11.5. The van der Waals surface area contributed by atoms with Gasteiger partial charge < -0.3 is 19.7 Å². The van der Waals surface area contributed by atoms with Crippen molar-refractivity contribution in [3.63, 3.8) is 0 Å². The summed E-state index contributed by atoms with van der Waals surface area (Å²) in [6.07, 6.45) is 15.1. The number of carbonyl (C=O) groups is 5. The third kappa shape index (κ3) is 4.23. The van der Waals surface area contributed by atoms with Crippen LogP contribution in [0.4, 0.5) is 0 Å². The molecule has 10 nitrogen and oxygen atoms in total. The van der Waals surface area contributed by atoms with Crippen molar-refractivity contribution in [2.75, 3.05) is 0 Å². The molecule has 11 aliphatic rings. The maximum absolute atomic E-state index is 13.6. The highest BCUT2D eigenvalue weighted by atomic mass is 16.6. The van der Waals surface area contributed by atoms with Gasteiger partial charge in [-0.05, 0) is 123 Å². The van der Waals surface area contributed by atoms with Gasteiger partial charge in [0.25, 0.3) is 0 Å². The molecule has 0 radical (unpaired) electrons. The van der Waals surface area contributed by atoms with Gasteiger partial charge in [-0.2, -0.15) is 5.26 Å². The molecule has 9 fully saturated rings. The van der Waals surface area contributed by atoms with E-state index in [0.717, 1.165) is 44.1 Å². The lowest BCUT2D eigenvalue weighted by molar-refractivity contribution is -0.213. The van der Waals surface area contributed by atoms with Gasteiger partial charge in [-0.15, -0.1) is 0 Å². The van der Waals surface area contributed by atoms with E-state index >= 15 is 0 Å². The molecule has 11 rings (SSSR count). The second-order valence-corrected chi connectivity index (χ2v) is 21.3. The number of carbonyl (C=O) groups excluding carboxylic acids is 5. The summed E-state index contributed by atoms with van der Waals surface area (Å²) in [5, 5.41) is 33.2. The first-order chi connectivity index (χ1) is 26.4. The normalized spacial score (nSPS) is 55.6. The number of nitriles is 1. The molecule has 0 aromatic carbocycles. The number of hydrogen-bond donors (Lipinski definition) is 2. The fraction of sp³-hybridized carbons (Fsp3) is 0.783. The molecule has 2 saturated heterocycles. The standard InChI is InChI=1S/C24H29NO5.C22H28O4/c1-21-6-4-14(26)19-20(29)12(9-23(19,21)11-25)17-13-3-7-24(8-5-16(28)30-24)22(13,2)10-15(27)18(17)21;1-20-8-5-14(23)11-13(20)3-4-15-16-6-9-22(10-7-18(25)26-22)21(16,2)12-17(24)19(15)20/h12-13,15,17-19,27H,3-10H2,1-2H3;3-4,11,15-17,19,24H,5-10,12H2,1-2H3/t12?,13?,15?,17?,18?,19?,21-,22+,23?,24?;15?,16?,17?,19?,20-,21-,22+/m10/s1. The van der Waals surface area contributed by atoms with Gasteiger partial charge in [-0.1, -0.05) is 39.8 Å².